The Balaban J connectivity index is 2.22. The lowest BCUT2D eigenvalue weighted by atomic mass is 10.0. The van der Waals surface area contributed by atoms with Gasteiger partial charge < -0.3 is 15.4 Å². The quantitative estimate of drug-likeness (QED) is 0.432. The van der Waals surface area contributed by atoms with Crippen LogP contribution in [0.4, 0.5) is 13.2 Å². The number of nitrogens with zero attached hydrogens (tertiary/aromatic N) is 1. The molecule has 0 aliphatic rings. The molecular weight excluding hydrogens is 319 g/mol. The molecule has 0 radical (unpaired) electrons. The summed E-state index contributed by atoms with van der Waals surface area (Å²) < 4.78 is 40.3. The van der Waals surface area contributed by atoms with E-state index in [9.17, 15) is 13.2 Å². The molecule has 136 valence electrons. The Morgan fingerprint density at radius 2 is 1.88 bits per heavy atom. The van der Waals surface area contributed by atoms with Crippen molar-refractivity contribution in [2.45, 2.75) is 32.4 Å². The van der Waals surface area contributed by atoms with Gasteiger partial charge in [0.05, 0.1) is 0 Å². The van der Waals surface area contributed by atoms with Crippen LogP contribution >= 0.6 is 0 Å². The summed E-state index contributed by atoms with van der Waals surface area (Å²) in [4.78, 5) is 4.10. The molecule has 0 heterocycles. The third-order valence-corrected chi connectivity index (χ3v) is 3.47. The summed E-state index contributed by atoms with van der Waals surface area (Å²) in [5, 5.41) is 6.28. The predicted molar refractivity (Wildman–Crippen MR) is 90.4 cm³/mol. The number of halogens is 3. The number of ether oxygens (including phenoxy) is 1. The fourth-order valence-corrected chi connectivity index (χ4v) is 2.05. The van der Waals surface area contributed by atoms with Crippen molar-refractivity contribution in [2.75, 3.05) is 33.4 Å². The summed E-state index contributed by atoms with van der Waals surface area (Å²) >= 11 is 0. The second-order valence-corrected chi connectivity index (χ2v) is 5.71. The highest BCUT2D eigenvalue weighted by atomic mass is 19.4. The lowest BCUT2D eigenvalue weighted by molar-refractivity contribution is -0.173. The van der Waals surface area contributed by atoms with E-state index in [0.29, 0.717) is 31.4 Å². The van der Waals surface area contributed by atoms with Gasteiger partial charge in [-0.2, -0.15) is 13.2 Å². The van der Waals surface area contributed by atoms with Gasteiger partial charge in [-0.25, -0.2) is 0 Å². The van der Waals surface area contributed by atoms with Crippen LogP contribution in [0.5, 0.6) is 0 Å². The van der Waals surface area contributed by atoms with E-state index >= 15 is 0 Å². The zero-order valence-electron chi connectivity index (χ0n) is 14.4. The van der Waals surface area contributed by atoms with Crippen LogP contribution in [0.15, 0.2) is 29.3 Å². The fraction of sp³-hybridized carbons (Fsp3) is 0.588. The number of hydrogen-bond donors (Lipinski definition) is 2. The molecule has 0 aliphatic carbocycles. The zero-order chi connectivity index (χ0) is 18.0. The summed E-state index contributed by atoms with van der Waals surface area (Å²) in [5.74, 6) is 0.948. The molecule has 1 unspecified atom stereocenters. The van der Waals surface area contributed by atoms with Gasteiger partial charge in [0.15, 0.2) is 5.96 Å². The molecule has 1 atom stereocenters. The van der Waals surface area contributed by atoms with E-state index in [-0.39, 0.29) is 6.61 Å². The van der Waals surface area contributed by atoms with Gasteiger partial charge in [-0.3, -0.25) is 4.99 Å². The molecule has 0 aromatic heterocycles. The average Bonchev–Trinajstić information content (AvgIpc) is 2.52. The molecule has 0 saturated carbocycles. The van der Waals surface area contributed by atoms with Crippen LogP contribution in [0.1, 0.15) is 30.4 Å². The SMILES string of the molecule is CN=C(NCCCOCC(F)(F)F)NCC(C)c1ccc(C)cc1. The molecule has 0 aliphatic heterocycles. The van der Waals surface area contributed by atoms with Gasteiger partial charge in [0.2, 0.25) is 0 Å². The fourth-order valence-electron chi connectivity index (χ4n) is 2.05. The van der Waals surface area contributed by atoms with Gasteiger partial charge in [0.25, 0.3) is 0 Å². The smallest absolute Gasteiger partial charge is 0.372 e. The second-order valence-electron chi connectivity index (χ2n) is 5.71. The number of alkyl halides is 3. The van der Waals surface area contributed by atoms with E-state index in [0.717, 1.165) is 0 Å². The second kappa shape index (κ2) is 10.2. The lowest BCUT2D eigenvalue weighted by Gasteiger charge is -2.16. The molecule has 0 saturated heterocycles. The first kappa shape index (κ1) is 20.3. The molecule has 0 bridgehead atoms. The van der Waals surface area contributed by atoms with E-state index in [1.807, 2.05) is 0 Å². The number of aliphatic imine (C=N–C) groups is 1. The van der Waals surface area contributed by atoms with E-state index < -0.39 is 12.8 Å². The van der Waals surface area contributed by atoms with E-state index in [1.54, 1.807) is 7.05 Å². The number of guanidine groups is 1. The van der Waals surface area contributed by atoms with Gasteiger partial charge in [-0.05, 0) is 24.8 Å². The largest absolute Gasteiger partial charge is 0.411 e. The molecule has 1 aromatic carbocycles. The Hall–Kier alpha value is -1.76. The topological polar surface area (TPSA) is 45.7 Å². The van der Waals surface area contributed by atoms with Gasteiger partial charge in [-0.1, -0.05) is 36.8 Å². The number of nitrogens with one attached hydrogen (secondary N) is 2. The Bertz CT molecular complexity index is 501. The van der Waals surface area contributed by atoms with Gasteiger partial charge in [0.1, 0.15) is 6.61 Å². The summed E-state index contributed by atoms with van der Waals surface area (Å²) in [6, 6.07) is 8.38. The third kappa shape index (κ3) is 8.76. The van der Waals surface area contributed by atoms with Crippen LogP contribution < -0.4 is 10.6 Å². The van der Waals surface area contributed by atoms with Crippen LogP contribution in [0.25, 0.3) is 0 Å². The van der Waals surface area contributed by atoms with Gasteiger partial charge in [0, 0.05) is 26.7 Å². The lowest BCUT2D eigenvalue weighted by Crippen LogP contribution is -2.39. The minimum absolute atomic E-state index is 0.0588. The molecule has 2 N–H and O–H groups in total. The molecule has 24 heavy (non-hydrogen) atoms. The molecule has 0 spiro atoms. The van der Waals surface area contributed by atoms with E-state index in [4.69, 9.17) is 0 Å². The van der Waals surface area contributed by atoms with Crippen molar-refractivity contribution in [3.63, 3.8) is 0 Å². The highest BCUT2D eigenvalue weighted by molar-refractivity contribution is 5.79. The summed E-state index contributed by atoms with van der Waals surface area (Å²) in [5.41, 5.74) is 2.47. The van der Waals surface area contributed by atoms with Crippen molar-refractivity contribution in [3.05, 3.63) is 35.4 Å². The van der Waals surface area contributed by atoms with E-state index in [2.05, 4.69) is 58.5 Å². The Morgan fingerprint density at radius 3 is 2.46 bits per heavy atom. The Labute approximate surface area is 141 Å². The monoisotopic (exact) mass is 345 g/mol. The van der Waals surface area contributed by atoms with Gasteiger partial charge in [-0.15, -0.1) is 0 Å². The van der Waals surface area contributed by atoms with Crippen molar-refractivity contribution in [3.8, 4) is 0 Å². The third-order valence-electron chi connectivity index (χ3n) is 3.47. The predicted octanol–water partition coefficient (Wildman–Crippen LogP) is 3.23. The van der Waals surface area contributed by atoms with Crippen molar-refractivity contribution in [1.82, 2.24) is 10.6 Å². The van der Waals surface area contributed by atoms with Gasteiger partial charge >= 0.3 is 6.18 Å². The van der Waals surface area contributed by atoms with E-state index in [1.165, 1.54) is 11.1 Å². The molecule has 4 nitrogen and oxygen atoms in total. The number of rotatable bonds is 8. The minimum Gasteiger partial charge on any atom is -0.372 e. The average molecular weight is 345 g/mol. The standard InChI is InChI=1S/C17H26F3N3O/c1-13-5-7-15(8-6-13)14(2)11-23-16(21-3)22-9-4-10-24-12-17(18,19)20/h5-8,14H,4,9-12H2,1-3H3,(H2,21,22,23). The normalized spacial score (nSPS) is 13.7. The number of benzene rings is 1. The van der Waals surface area contributed by atoms with Crippen LogP contribution in [-0.2, 0) is 4.74 Å². The van der Waals surface area contributed by atoms with Crippen LogP contribution in [0.2, 0.25) is 0 Å². The van der Waals surface area contributed by atoms with Crippen LogP contribution in [0, 0.1) is 6.92 Å². The maximum atomic E-state index is 11.9. The first-order valence-corrected chi connectivity index (χ1v) is 7.97. The summed E-state index contributed by atoms with van der Waals surface area (Å²) in [7, 11) is 1.66. The maximum absolute atomic E-state index is 11.9. The minimum atomic E-state index is -4.27. The molecule has 1 aromatic rings. The molecular formula is C17H26F3N3O. The van der Waals surface area contributed by atoms with Crippen LogP contribution in [-0.4, -0.2) is 45.5 Å². The van der Waals surface area contributed by atoms with Crippen LogP contribution in [0.3, 0.4) is 0 Å². The summed E-state index contributed by atoms with van der Waals surface area (Å²) in [6.07, 6.45) is -3.79. The molecule has 7 heteroatoms. The number of hydrogen-bond acceptors (Lipinski definition) is 2. The van der Waals surface area contributed by atoms with Crippen molar-refractivity contribution < 1.29 is 17.9 Å². The molecule has 0 amide bonds. The first-order chi connectivity index (χ1) is 11.3. The first-order valence-electron chi connectivity index (χ1n) is 7.97. The maximum Gasteiger partial charge on any atom is 0.411 e. The Morgan fingerprint density at radius 1 is 1.21 bits per heavy atom. The highest BCUT2D eigenvalue weighted by Crippen LogP contribution is 2.15. The summed E-state index contributed by atoms with van der Waals surface area (Å²) in [6.45, 7) is 4.24. The number of aryl methyl sites for hydroxylation is 1. The molecule has 1 rings (SSSR count). The Kier molecular flexibility index (Phi) is 8.60. The highest BCUT2D eigenvalue weighted by Gasteiger charge is 2.27. The van der Waals surface area contributed by atoms with Crippen molar-refractivity contribution >= 4 is 5.96 Å². The van der Waals surface area contributed by atoms with Crippen molar-refractivity contribution in [2.24, 2.45) is 4.99 Å². The van der Waals surface area contributed by atoms with Crippen molar-refractivity contribution in [1.29, 1.82) is 0 Å². The zero-order valence-corrected chi connectivity index (χ0v) is 14.4. The molecule has 0 fully saturated rings.